The minimum atomic E-state index is -0.490. The molecule has 1 fully saturated rings. The molecule has 0 spiro atoms. The van der Waals surface area contributed by atoms with Crippen LogP contribution in [0.1, 0.15) is 59.8 Å². The molecule has 1 aliphatic heterocycles. The Morgan fingerprint density at radius 1 is 1.28 bits per heavy atom. The summed E-state index contributed by atoms with van der Waals surface area (Å²) in [6, 6.07) is 0. The largest absolute Gasteiger partial charge is 0.469 e. The van der Waals surface area contributed by atoms with Crippen molar-refractivity contribution in [2.24, 2.45) is 22.2 Å². The maximum atomic E-state index is 12.9. The van der Waals surface area contributed by atoms with Crippen molar-refractivity contribution in [2.75, 3.05) is 7.11 Å². The average molecular weight is 346 g/mol. The van der Waals surface area contributed by atoms with Crippen LogP contribution in [0.3, 0.4) is 0 Å². The van der Waals surface area contributed by atoms with Gasteiger partial charge in [-0.05, 0) is 48.5 Å². The second-order valence-electron chi connectivity index (χ2n) is 9.11. The second kappa shape index (κ2) is 5.72. The van der Waals surface area contributed by atoms with Gasteiger partial charge >= 0.3 is 11.9 Å². The van der Waals surface area contributed by atoms with Crippen molar-refractivity contribution in [3.8, 4) is 0 Å². The fourth-order valence-corrected chi connectivity index (χ4v) is 5.32. The molecule has 0 radical (unpaired) electrons. The van der Waals surface area contributed by atoms with Crippen LogP contribution >= 0.6 is 0 Å². The Labute approximate surface area is 150 Å². The van der Waals surface area contributed by atoms with Crippen LogP contribution in [0.25, 0.3) is 0 Å². The van der Waals surface area contributed by atoms with Gasteiger partial charge in [-0.3, -0.25) is 4.79 Å². The Bertz CT molecular complexity index is 659. The Morgan fingerprint density at radius 2 is 1.96 bits per heavy atom. The molecule has 25 heavy (non-hydrogen) atoms. The monoisotopic (exact) mass is 346 g/mol. The van der Waals surface area contributed by atoms with E-state index in [2.05, 4.69) is 34.3 Å². The summed E-state index contributed by atoms with van der Waals surface area (Å²) in [6.07, 6.45) is 5.81. The van der Waals surface area contributed by atoms with Crippen LogP contribution in [-0.4, -0.2) is 25.2 Å². The number of methoxy groups -OCH3 is 1. The molecule has 0 amide bonds. The molecule has 0 aromatic heterocycles. The van der Waals surface area contributed by atoms with Gasteiger partial charge in [0, 0.05) is 11.0 Å². The number of esters is 2. The van der Waals surface area contributed by atoms with Crippen LogP contribution in [0.5, 0.6) is 0 Å². The first-order valence-corrected chi connectivity index (χ1v) is 9.25. The molecule has 3 aliphatic rings. The number of ether oxygens (including phenoxy) is 2. The minimum Gasteiger partial charge on any atom is -0.469 e. The average Bonchev–Trinajstić information content (AvgIpc) is 2.55. The molecule has 0 saturated heterocycles. The van der Waals surface area contributed by atoms with Gasteiger partial charge in [0.25, 0.3) is 0 Å². The topological polar surface area (TPSA) is 52.6 Å². The molecule has 1 heterocycles. The molecule has 4 heteroatoms. The lowest BCUT2D eigenvalue weighted by molar-refractivity contribution is -0.178. The molecule has 3 rings (SSSR count). The first kappa shape index (κ1) is 18.2. The third-order valence-electron chi connectivity index (χ3n) is 7.00. The maximum absolute atomic E-state index is 12.9. The third-order valence-corrected chi connectivity index (χ3v) is 7.00. The number of hydrogen-bond donors (Lipinski definition) is 0. The van der Waals surface area contributed by atoms with Crippen molar-refractivity contribution in [3.05, 3.63) is 23.8 Å². The van der Waals surface area contributed by atoms with Crippen molar-refractivity contribution in [1.29, 1.82) is 0 Å². The summed E-state index contributed by atoms with van der Waals surface area (Å²) < 4.78 is 11.1. The van der Waals surface area contributed by atoms with Crippen LogP contribution in [0.15, 0.2) is 23.8 Å². The minimum absolute atomic E-state index is 0.195. The van der Waals surface area contributed by atoms with E-state index in [1.807, 2.05) is 6.08 Å². The van der Waals surface area contributed by atoms with E-state index in [0.717, 1.165) is 30.4 Å². The smallest absolute Gasteiger partial charge is 0.334 e. The van der Waals surface area contributed by atoms with Crippen molar-refractivity contribution in [2.45, 2.75) is 65.9 Å². The summed E-state index contributed by atoms with van der Waals surface area (Å²) in [5, 5.41) is 0. The van der Waals surface area contributed by atoms with Gasteiger partial charge in [-0.1, -0.05) is 33.8 Å². The van der Waals surface area contributed by atoms with E-state index in [4.69, 9.17) is 9.47 Å². The van der Waals surface area contributed by atoms with Crippen LogP contribution in [0, 0.1) is 22.2 Å². The molecule has 0 bridgehead atoms. The first-order valence-electron chi connectivity index (χ1n) is 9.25. The fourth-order valence-electron chi connectivity index (χ4n) is 5.32. The van der Waals surface area contributed by atoms with Crippen molar-refractivity contribution in [3.63, 3.8) is 0 Å². The lowest BCUT2D eigenvalue weighted by atomic mass is 9.51. The summed E-state index contributed by atoms with van der Waals surface area (Å²) in [5.41, 5.74) is 0.987. The molecule has 4 atom stereocenters. The van der Waals surface area contributed by atoms with Gasteiger partial charge in [-0.15, -0.1) is 6.58 Å². The molecule has 2 aliphatic carbocycles. The van der Waals surface area contributed by atoms with Crippen LogP contribution in [-0.2, 0) is 19.1 Å². The van der Waals surface area contributed by atoms with Crippen molar-refractivity contribution < 1.29 is 19.1 Å². The number of carbonyl (C=O) groups is 2. The third kappa shape index (κ3) is 2.56. The first-order chi connectivity index (χ1) is 11.6. The Kier molecular flexibility index (Phi) is 4.17. The highest BCUT2D eigenvalue weighted by Crippen LogP contribution is 2.61. The quantitative estimate of drug-likeness (QED) is 0.555. The van der Waals surface area contributed by atoms with Crippen molar-refractivity contribution >= 4 is 11.9 Å². The Hall–Kier alpha value is -1.58. The van der Waals surface area contributed by atoms with Crippen molar-refractivity contribution in [1.82, 2.24) is 0 Å². The summed E-state index contributed by atoms with van der Waals surface area (Å²) in [6.45, 7) is 12.4. The van der Waals surface area contributed by atoms with Gasteiger partial charge in [0.2, 0.25) is 0 Å². The summed E-state index contributed by atoms with van der Waals surface area (Å²) in [5.74, 6) is -0.737. The second-order valence-corrected chi connectivity index (χ2v) is 9.11. The van der Waals surface area contributed by atoms with Crippen LogP contribution in [0.2, 0.25) is 0 Å². The fraction of sp³-hybridized carbons (Fsp3) is 0.714. The van der Waals surface area contributed by atoms with Gasteiger partial charge in [-0.25, -0.2) is 4.79 Å². The van der Waals surface area contributed by atoms with E-state index in [-0.39, 0.29) is 34.8 Å². The highest BCUT2D eigenvalue weighted by molar-refractivity contribution is 5.93. The number of rotatable bonds is 2. The molecule has 0 unspecified atom stereocenters. The van der Waals surface area contributed by atoms with E-state index in [1.165, 1.54) is 7.11 Å². The zero-order valence-electron chi connectivity index (χ0n) is 16.1. The molecule has 1 saturated carbocycles. The van der Waals surface area contributed by atoms with E-state index in [9.17, 15) is 9.59 Å². The standard InChI is InChI=1S/C21H30O4/c1-7-20(4)11-14(17(22)24-6)21(5)13-9-8-10-19(2,3)16(13)18(23)25-15(21)12-20/h7,14-15H,1,8-12H2,2-6H3/t14-,15-,20+,21-/m0/s1. The predicted molar refractivity (Wildman–Crippen MR) is 95.7 cm³/mol. The zero-order chi connectivity index (χ0) is 18.6. The highest BCUT2D eigenvalue weighted by Gasteiger charge is 2.61. The highest BCUT2D eigenvalue weighted by atomic mass is 16.5. The van der Waals surface area contributed by atoms with E-state index in [0.29, 0.717) is 12.8 Å². The van der Waals surface area contributed by atoms with Crippen LogP contribution < -0.4 is 0 Å². The summed E-state index contributed by atoms with van der Waals surface area (Å²) in [4.78, 5) is 25.6. The zero-order valence-corrected chi connectivity index (χ0v) is 16.1. The molecule has 138 valence electrons. The number of fused-ring (bicyclic) bond motifs is 2. The van der Waals surface area contributed by atoms with Gasteiger partial charge in [0.1, 0.15) is 6.10 Å². The SMILES string of the molecule is C=C[C@@]1(C)C[C@@H]2OC(=O)C3=C(CCCC3(C)C)[C@@]2(C)[C@H](C(=O)OC)C1. The number of carbonyl (C=O) groups excluding carboxylic acids is 2. The molecule has 0 aromatic carbocycles. The summed E-state index contributed by atoms with van der Waals surface area (Å²) in [7, 11) is 1.44. The van der Waals surface area contributed by atoms with E-state index >= 15 is 0 Å². The van der Waals surface area contributed by atoms with Gasteiger partial charge in [0.05, 0.1) is 13.0 Å². The van der Waals surface area contributed by atoms with Crippen LogP contribution in [0.4, 0.5) is 0 Å². The van der Waals surface area contributed by atoms with Gasteiger partial charge < -0.3 is 9.47 Å². The van der Waals surface area contributed by atoms with Gasteiger partial charge in [-0.2, -0.15) is 0 Å². The number of allylic oxidation sites excluding steroid dienone is 1. The van der Waals surface area contributed by atoms with E-state index < -0.39 is 5.41 Å². The Balaban J connectivity index is 2.20. The lowest BCUT2D eigenvalue weighted by Gasteiger charge is -2.56. The number of hydrogen-bond acceptors (Lipinski definition) is 4. The molecule has 0 N–H and O–H groups in total. The molecule has 0 aromatic rings. The summed E-state index contributed by atoms with van der Waals surface area (Å²) >= 11 is 0. The van der Waals surface area contributed by atoms with Gasteiger partial charge in [0.15, 0.2) is 0 Å². The molecular weight excluding hydrogens is 316 g/mol. The molecular formula is C21H30O4. The molecule has 4 nitrogen and oxygen atoms in total. The predicted octanol–water partition coefficient (Wildman–Crippen LogP) is 4.20. The lowest BCUT2D eigenvalue weighted by Crippen LogP contribution is -2.57. The maximum Gasteiger partial charge on any atom is 0.334 e. The van der Waals surface area contributed by atoms with E-state index in [1.54, 1.807) is 0 Å². The normalized spacial score (nSPS) is 39.8. The Morgan fingerprint density at radius 3 is 2.56 bits per heavy atom.